The van der Waals surface area contributed by atoms with Gasteiger partial charge < -0.3 is 10.6 Å². The van der Waals surface area contributed by atoms with Crippen molar-refractivity contribution < 1.29 is 4.79 Å². The molecule has 4 heteroatoms. The van der Waals surface area contributed by atoms with Crippen molar-refractivity contribution in [1.29, 1.82) is 0 Å². The van der Waals surface area contributed by atoms with Crippen molar-refractivity contribution in [1.82, 2.24) is 9.88 Å². The van der Waals surface area contributed by atoms with E-state index >= 15 is 0 Å². The first kappa shape index (κ1) is 13.2. The average Bonchev–Trinajstić information content (AvgIpc) is 2.47. The molecule has 0 atom stereocenters. The Bertz CT molecular complexity index is 554. The molecular weight excluding hydrogens is 238 g/mol. The molecule has 2 N–H and O–H groups in total. The summed E-state index contributed by atoms with van der Waals surface area (Å²) in [7, 11) is 1.79. The second kappa shape index (κ2) is 6.11. The summed E-state index contributed by atoms with van der Waals surface area (Å²) in [6.07, 6.45) is 1.62. The van der Waals surface area contributed by atoms with E-state index in [0.717, 1.165) is 11.3 Å². The van der Waals surface area contributed by atoms with Gasteiger partial charge in [0.05, 0.1) is 5.69 Å². The van der Waals surface area contributed by atoms with Crippen LogP contribution in [0, 0.1) is 0 Å². The zero-order valence-corrected chi connectivity index (χ0v) is 10.9. The van der Waals surface area contributed by atoms with Gasteiger partial charge in [0.25, 0.3) is 5.91 Å². The maximum absolute atomic E-state index is 12.3. The monoisotopic (exact) mass is 255 g/mol. The van der Waals surface area contributed by atoms with Crippen LogP contribution in [0.4, 0.5) is 0 Å². The van der Waals surface area contributed by atoms with Gasteiger partial charge in [-0.25, -0.2) is 0 Å². The van der Waals surface area contributed by atoms with Crippen LogP contribution in [0.5, 0.6) is 0 Å². The smallest absolute Gasteiger partial charge is 0.254 e. The van der Waals surface area contributed by atoms with Gasteiger partial charge in [-0.2, -0.15) is 0 Å². The Labute approximate surface area is 112 Å². The zero-order chi connectivity index (χ0) is 13.7. The van der Waals surface area contributed by atoms with Gasteiger partial charge in [-0.1, -0.05) is 30.3 Å². The third kappa shape index (κ3) is 3.39. The fraction of sp³-hybridized carbons (Fsp3) is 0.200. The molecule has 4 nitrogen and oxygen atoms in total. The highest BCUT2D eigenvalue weighted by Crippen LogP contribution is 2.09. The number of nitrogens with zero attached hydrogens (tertiary/aromatic N) is 2. The Morgan fingerprint density at radius 2 is 2.00 bits per heavy atom. The van der Waals surface area contributed by atoms with E-state index in [1.165, 1.54) is 0 Å². The SMILES string of the molecule is CN(Cc1ccccc1)C(=O)c1ccnc(CN)c1. The number of rotatable bonds is 4. The summed E-state index contributed by atoms with van der Waals surface area (Å²) in [5.74, 6) is -0.0269. The van der Waals surface area contributed by atoms with Gasteiger partial charge in [0, 0.05) is 31.9 Å². The Morgan fingerprint density at radius 1 is 1.26 bits per heavy atom. The molecule has 19 heavy (non-hydrogen) atoms. The molecule has 0 radical (unpaired) electrons. The summed E-state index contributed by atoms with van der Waals surface area (Å²) in [6.45, 7) is 0.920. The van der Waals surface area contributed by atoms with Crippen LogP contribution < -0.4 is 5.73 Å². The summed E-state index contributed by atoms with van der Waals surface area (Å²) < 4.78 is 0. The highest BCUT2D eigenvalue weighted by molar-refractivity contribution is 5.94. The van der Waals surface area contributed by atoms with Crippen molar-refractivity contribution in [2.75, 3.05) is 7.05 Å². The molecule has 0 unspecified atom stereocenters. The molecule has 2 aromatic rings. The second-order valence-electron chi connectivity index (χ2n) is 4.39. The van der Waals surface area contributed by atoms with Crippen molar-refractivity contribution in [3.05, 3.63) is 65.5 Å². The van der Waals surface area contributed by atoms with Crippen LogP contribution in [0.3, 0.4) is 0 Å². The van der Waals surface area contributed by atoms with Crippen LogP contribution in [0.25, 0.3) is 0 Å². The Morgan fingerprint density at radius 3 is 2.68 bits per heavy atom. The van der Waals surface area contributed by atoms with Crippen LogP contribution in [-0.2, 0) is 13.1 Å². The molecule has 0 saturated heterocycles. The number of amides is 1. The van der Waals surface area contributed by atoms with Crippen LogP contribution in [0.2, 0.25) is 0 Å². The van der Waals surface area contributed by atoms with E-state index in [1.807, 2.05) is 30.3 Å². The molecule has 2 rings (SSSR count). The maximum atomic E-state index is 12.3. The first-order chi connectivity index (χ1) is 9.20. The lowest BCUT2D eigenvalue weighted by atomic mass is 10.1. The molecule has 0 aliphatic heterocycles. The summed E-state index contributed by atoms with van der Waals surface area (Å²) in [4.78, 5) is 18.0. The van der Waals surface area contributed by atoms with E-state index in [0.29, 0.717) is 18.7 Å². The molecule has 0 aliphatic carbocycles. The van der Waals surface area contributed by atoms with Gasteiger partial charge >= 0.3 is 0 Å². The van der Waals surface area contributed by atoms with Gasteiger partial charge in [-0.15, -0.1) is 0 Å². The fourth-order valence-electron chi connectivity index (χ4n) is 1.87. The zero-order valence-electron chi connectivity index (χ0n) is 10.9. The van der Waals surface area contributed by atoms with E-state index < -0.39 is 0 Å². The summed E-state index contributed by atoms with van der Waals surface area (Å²) in [5, 5.41) is 0. The van der Waals surface area contributed by atoms with E-state index in [4.69, 9.17) is 5.73 Å². The summed E-state index contributed by atoms with van der Waals surface area (Å²) >= 11 is 0. The van der Waals surface area contributed by atoms with Gasteiger partial charge in [-0.05, 0) is 17.7 Å². The summed E-state index contributed by atoms with van der Waals surface area (Å²) in [6, 6.07) is 13.3. The standard InChI is InChI=1S/C15H17N3O/c1-18(11-12-5-3-2-4-6-12)15(19)13-7-8-17-14(9-13)10-16/h2-9H,10-11,16H2,1H3. The number of benzene rings is 1. The molecule has 0 bridgehead atoms. The maximum Gasteiger partial charge on any atom is 0.254 e. The van der Waals surface area contributed by atoms with E-state index in [9.17, 15) is 4.79 Å². The van der Waals surface area contributed by atoms with Crippen molar-refractivity contribution in [2.45, 2.75) is 13.1 Å². The molecule has 0 aliphatic rings. The van der Waals surface area contributed by atoms with Crippen LogP contribution >= 0.6 is 0 Å². The van der Waals surface area contributed by atoms with Crippen molar-refractivity contribution >= 4 is 5.91 Å². The normalized spacial score (nSPS) is 10.2. The first-order valence-electron chi connectivity index (χ1n) is 6.15. The van der Waals surface area contributed by atoms with Crippen molar-refractivity contribution in [2.24, 2.45) is 5.73 Å². The van der Waals surface area contributed by atoms with Crippen LogP contribution in [0.1, 0.15) is 21.6 Å². The number of hydrogen-bond donors (Lipinski definition) is 1. The second-order valence-corrected chi connectivity index (χ2v) is 4.39. The largest absolute Gasteiger partial charge is 0.337 e. The molecule has 0 spiro atoms. The number of hydrogen-bond acceptors (Lipinski definition) is 3. The average molecular weight is 255 g/mol. The molecule has 98 valence electrons. The van der Waals surface area contributed by atoms with Gasteiger partial charge in [0.15, 0.2) is 0 Å². The van der Waals surface area contributed by atoms with Gasteiger partial charge in [0.2, 0.25) is 0 Å². The van der Waals surface area contributed by atoms with Gasteiger partial charge in [-0.3, -0.25) is 9.78 Å². The van der Waals surface area contributed by atoms with Crippen molar-refractivity contribution in [3.63, 3.8) is 0 Å². The fourth-order valence-corrected chi connectivity index (χ4v) is 1.87. The molecule has 1 heterocycles. The number of carbonyl (C=O) groups is 1. The number of pyridine rings is 1. The highest BCUT2D eigenvalue weighted by Gasteiger charge is 2.12. The first-order valence-corrected chi connectivity index (χ1v) is 6.15. The number of carbonyl (C=O) groups excluding carboxylic acids is 1. The molecule has 1 aromatic carbocycles. The Kier molecular flexibility index (Phi) is 4.26. The predicted octanol–water partition coefficient (Wildman–Crippen LogP) is 1.81. The van der Waals surface area contributed by atoms with Crippen LogP contribution in [-0.4, -0.2) is 22.8 Å². The number of aromatic nitrogens is 1. The quantitative estimate of drug-likeness (QED) is 0.906. The lowest BCUT2D eigenvalue weighted by Gasteiger charge is -2.17. The van der Waals surface area contributed by atoms with Crippen LogP contribution in [0.15, 0.2) is 48.7 Å². The lowest BCUT2D eigenvalue weighted by Crippen LogP contribution is -2.26. The molecule has 1 amide bonds. The number of nitrogens with two attached hydrogens (primary N) is 1. The molecule has 0 fully saturated rings. The van der Waals surface area contributed by atoms with Gasteiger partial charge in [0.1, 0.15) is 0 Å². The Balaban J connectivity index is 2.10. The molecular formula is C15H17N3O. The predicted molar refractivity (Wildman–Crippen MR) is 74.4 cm³/mol. The highest BCUT2D eigenvalue weighted by atomic mass is 16.2. The van der Waals surface area contributed by atoms with E-state index in [-0.39, 0.29) is 5.91 Å². The minimum Gasteiger partial charge on any atom is -0.337 e. The minimum absolute atomic E-state index is 0.0269. The van der Waals surface area contributed by atoms with E-state index in [2.05, 4.69) is 4.98 Å². The topological polar surface area (TPSA) is 59.2 Å². The van der Waals surface area contributed by atoms with E-state index in [1.54, 1.807) is 30.3 Å². The molecule has 0 saturated carbocycles. The Hall–Kier alpha value is -2.20. The minimum atomic E-state index is -0.0269. The third-order valence-electron chi connectivity index (χ3n) is 2.88. The third-order valence-corrected chi connectivity index (χ3v) is 2.88. The van der Waals surface area contributed by atoms with Crippen molar-refractivity contribution in [3.8, 4) is 0 Å². The molecule has 1 aromatic heterocycles. The summed E-state index contributed by atoms with van der Waals surface area (Å²) in [5.41, 5.74) is 7.97. The lowest BCUT2D eigenvalue weighted by molar-refractivity contribution is 0.0785.